The van der Waals surface area contributed by atoms with Crippen molar-refractivity contribution in [3.05, 3.63) is 35.9 Å². The first-order valence-electron chi connectivity index (χ1n) is 4.27. The van der Waals surface area contributed by atoms with Crippen LogP contribution < -0.4 is 0 Å². The molecule has 5 heteroatoms. The average Bonchev–Trinajstić information content (AvgIpc) is 2.16. The van der Waals surface area contributed by atoms with Gasteiger partial charge in [0.15, 0.2) is 0 Å². The second-order valence-corrected chi connectivity index (χ2v) is 9.91. The zero-order valence-electron chi connectivity index (χ0n) is 8.08. The lowest BCUT2D eigenvalue weighted by Crippen LogP contribution is -2.34. The predicted molar refractivity (Wildman–Crippen MR) is 72.4 cm³/mol. The highest BCUT2D eigenvalue weighted by atomic mass is 80.0. The average molecular weight is 400 g/mol. The summed E-state index contributed by atoms with van der Waals surface area (Å²) in [5, 5.41) is 0. The molecule has 0 unspecified atom stereocenters. The van der Waals surface area contributed by atoms with Gasteiger partial charge >= 0.3 is 0 Å². The quantitative estimate of drug-likeness (QED) is 0.697. The van der Waals surface area contributed by atoms with E-state index < -0.39 is 2.14 Å². The third kappa shape index (κ3) is 4.25. The second-order valence-electron chi connectivity index (χ2n) is 3.14. The highest BCUT2D eigenvalue weighted by molar-refractivity contribution is 9.40. The van der Waals surface area contributed by atoms with Crippen LogP contribution in [0.25, 0.3) is 0 Å². The summed E-state index contributed by atoms with van der Waals surface area (Å²) in [4.78, 5) is 13.4. The van der Waals surface area contributed by atoms with E-state index in [1.54, 1.807) is 11.9 Å². The van der Waals surface area contributed by atoms with Gasteiger partial charge in [-0.3, -0.25) is 4.79 Å². The Kier molecular flexibility index (Phi) is 4.80. The van der Waals surface area contributed by atoms with Crippen LogP contribution in [0.3, 0.4) is 0 Å². The molecule has 1 aromatic carbocycles. The van der Waals surface area contributed by atoms with Crippen LogP contribution in [0.1, 0.15) is 5.56 Å². The van der Waals surface area contributed by atoms with Crippen molar-refractivity contribution in [3.8, 4) is 0 Å². The second kappa shape index (κ2) is 5.46. The summed E-state index contributed by atoms with van der Waals surface area (Å²) < 4.78 is -0.865. The number of amides is 1. The fourth-order valence-electron chi connectivity index (χ4n) is 1.15. The first kappa shape index (κ1) is 13.2. The van der Waals surface area contributed by atoms with Gasteiger partial charge in [0, 0.05) is 13.6 Å². The lowest BCUT2D eigenvalue weighted by Gasteiger charge is -2.22. The molecule has 0 heterocycles. The molecule has 1 amide bonds. The van der Waals surface area contributed by atoms with Crippen molar-refractivity contribution in [2.75, 3.05) is 7.05 Å². The summed E-state index contributed by atoms with van der Waals surface area (Å²) in [6, 6.07) is 9.84. The maximum absolute atomic E-state index is 11.8. The van der Waals surface area contributed by atoms with Crippen LogP contribution in [-0.2, 0) is 11.3 Å². The first-order chi connectivity index (χ1) is 6.91. The van der Waals surface area contributed by atoms with Gasteiger partial charge in [0.25, 0.3) is 5.91 Å². The minimum atomic E-state index is -0.865. The molecule has 0 atom stereocenters. The third-order valence-electron chi connectivity index (χ3n) is 1.85. The summed E-state index contributed by atoms with van der Waals surface area (Å²) in [5.41, 5.74) is 1.10. The van der Waals surface area contributed by atoms with E-state index in [2.05, 4.69) is 47.8 Å². The van der Waals surface area contributed by atoms with E-state index in [0.29, 0.717) is 6.54 Å². The van der Waals surface area contributed by atoms with E-state index in [1.807, 2.05) is 30.3 Å². The van der Waals surface area contributed by atoms with E-state index in [-0.39, 0.29) is 5.91 Å². The number of hydrogen-bond donors (Lipinski definition) is 0. The molecule has 0 aromatic heterocycles. The van der Waals surface area contributed by atoms with Crippen molar-refractivity contribution in [2.24, 2.45) is 0 Å². The Balaban J connectivity index is 2.65. The maximum atomic E-state index is 11.8. The molecule has 0 saturated heterocycles. The van der Waals surface area contributed by atoms with E-state index in [4.69, 9.17) is 0 Å². The van der Waals surface area contributed by atoms with Gasteiger partial charge in [-0.2, -0.15) is 0 Å². The van der Waals surface area contributed by atoms with E-state index in [9.17, 15) is 4.79 Å². The molecule has 0 fully saturated rings. The van der Waals surface area contributed by atoms with Gasteiger partial charge < -0.3 is 4.90 Å². The molecule has 0 aliphatic heterocycles. The molecule has 0 N–H and O–H groups in total. The molecule has 0 aliphatic rings. The Morgan fingerprint density at radius 2 is 1.80 bits per heavy atom. The van der Waals surface area contributed by atoms with Gasteiger partial charge in [0.1, 0.15) is 0 Å². The largest absolute Gasteiger partial charge is 0.339 e. The van der Waals surface area contributed by atoms with Gasteiger partial charge in [-0.25, -0.2) is 0 Å². The normalized spacial score (nSPS) is 11.2. The fourth-order valence-corrected chi connectivity index (χ4v) is 2.05. The molecule has 2 nitrogen and oxygen atoms in total. The van der Waals surface area contributed by atoms with Crippen LogP contribution in [0.15, 0.2) is 30.3 Å². The summed E-state index contributed by atoms with van der Waals surface area (Å²) in [6.07, 6.45) is 0. The Bertz CT molecular complexity index is 334. The van der Waals surface area contributed by atoms with Gasteiger partial charge in [-0.05, 0) is 53.4 Å². The Morgan fingerprint density at radius 1 is 1.27 bits per heavy atom. The molecular weight excluding hydrogens is 390 g/mol. The number of hydrogen-bond acceptors (Lipinski definition) is 1. The molecule has 0 bridgehead atoms. The minimum absolute atomic E-state index is 0.0775. The molecule has 0 saturated carbocycles. The Labute approximate surface area is 114 Å². The zero-order valence-corrected chi connectivity index (χ0v) is 12.8. The standard InChI is InChI=1S/C10H10Br3NO/c1-14(9(15)10(11,12)13)7-8-5-3-2-4-6-8/h2-6H,7H2,1H3. The fraction of sp³-hybridized carbons (Fsp3) is 0.300. The number of carbonyl (C=O) groups excluding carboxylic acids is 1. The highest BCUT2D eigenvalue weighted by Gasteiger charge is 2.31. The summed E-state index contributed by atoms with van der Waals surface area (Å²) >= 11 is 9.60. The minimum Gasteiger partial charge on any atom is -0.339 e. The predicted octanol–water partition coefficient (Wildman–Crippen LogP) is 3.48. The number of carbonyl (C=O) groups is 1. The van der Waals surface area contributed by atoms with Crippen LogP contribution in [0.2, 0.25) is 0 Å². The number of rotatable bonds is 2. The number of nitrogens with zero attached hydrogens (tertiary/aromatic N) is 1. The maximum Gasteiger partial charge on any atom is 0.261 e. The van der Waals surface area contributed by atoms with Gasteiger partial charge in [-0.15, -0.1) is 0 Å². The van der Waals surface area contributed by atoms with Crippen LogP contribution in [0, 0.1) is 0 Å². The number of halogens is 3. The molecule has 1 aromatic rings. The van der Waals surface area contributed by atoms with Crippen LogP contribution in [0.4, 0.5) is 0 Å². The molecule has 0 aliphatic carbocycles. The van der Waals surface area contributed by atoms with Crippen molar-refractivity contribution in [1.29, 1.82) is 0 Å². The van der Waals surface area contributed by atoms with E-state index in [1.165, 1.54) is 0 Å². The Morgan fingerprint density at radius 3 is 2.27 bits per heavy atom. The monoisotopic (exact) mass is 397 g/mol. The molecule has 82 valence electrons. The lowest BCUT2D eigenvalue weighted by atomic mass is 10.2. The molecule has 1 rings (SSSR count). The SMILES string of the molecule is CN(Cc1ccccc1)C(=O)C(Br)(Br)Br. The van der Waals surface area contributed by atoms with Gasteiger partial charge in [0.05, 0.1) is 0 Å². The topological polar surface area (TPSA) is 20.3 Å². The molecular formula is C10H10Br3NO. The van der Waals surface area contributed by atoms with Gasteiger partial charge in [0.2, 0.25) is 2.14 Å². The first-order valence-corrected chi connectivity index (χ1v) is 6.65. The highest BCUT2D eigenvalue weighted by Crippen LogP contribution is 2.35. The lowest BCUT2D eigenvalue weighted by molar-refractivity contribution is -0.128. The molecule has 0 spiro atoms. The molecule has 15 heavy (non-hydrogen) atoms. The summed E-state index contributed by atoms with van der Waals surface area (Å²) in [6.45, 7) is 0.588. The van der Waals surface area contributed by atoms with Crippen molar-refractivity contribution in [1.82, 2.24) is 4.90 Å². The summed E-state index contributed by atoms with van der Waals surface area (Å²) in [7, 11) is 1.76. The summed E-state index contributed by atoms with van der Waals surface area (Å²) in [5.74, 6) is -0.0775. The van der Waals surface area contributed by atoms with Crippen molar-refractivity contribution in [2.45, 2.75) is 8.69 Å². The zero-order chi connectivity index (χ0) is 11.5. The Hall–Kier alpha value is 0.130. The number of benzene rings is 1. The smallest absolute Gasteiger partial charge is 0.261 e. The van der Waals surface area contributed by atoms with Crippen LogP contribution in [-0.4, -0.2) is 20.0 Å². The van der Waals surface area contributed by atoms with Crippen molar-refractivity contribution >= 4 is 53.7 Å². The van der Waals surface area contributed by atoms with Crippen molar-refractivity contribution in [3.63, 3.8) is 0 Å². The van der Waals surface area contributed by atoms with E-state index >= 15 is 0 Å². The molecule has 0 radical (unpaired) electrons. The van der Waals surface area contributed by atoms with E-state index in [0.717, 1.165) is 5.56 Å². The van der Waals surface area contributed by atoms with Crippen molar-refractivity contribution < 1.29 is 4.79 Å². The third-order valence-corrected chi connectivity index (χ3v) is 2.87. The van der Waals surface area contributed by atoms with Crippen LogP contribution >= 0.6 is 47.8 Å². The van der Waals surface area contributed by atoms with Crippen LogP contribution in [0.5, 0.6) is 0 Å². The number of alkyl halides is 3. The van der Waals surface area contributed by atoms with Gasteiger partial charge in [-0.1, -0.05) is 30.3 Å².